The Hall–Kier alpha value is -1.63. The molecule has 0 aromatic heterocycles. The molecule has 7 nitrogen and oxygen atoms in total. The minimum absolute atomic E-state index is 0.0217. The fraction of sp³-hybridized carbons (Fsp3) is 0.900. The van der Waals surface area contributed by atoms with Gasteiger partial charge in [0.15, 0.2) is 0 Å². The molecule has 0 radical (unpaired) electrons. The largest absolute Gasteiger partial charge is 0.466 e. The number of aliphatic hydroxyl groups excluding tert-OH is 1. The molecule has 4 aliphatic carbocycles. The highest BCUT2D eigenvalue weighted by Gasteiger charge is 2.66. The van der Waals surface area contributed by atoms with Crippen molar-refractivity contribution in [3.8, 4) is 0 Å². The highest BCUT2D eigenvalue weighted by Crippen LogP contribution is 2.68. The zero-order valence-corrected chi connectivity index (χ0v) is 23.7. The summed E-state index contributed by atoms with van der Waals surface area (Å²) in [5.41, 5.74) is -0.250. The van der Waals surface area contributed by atoms with E-state index in [1.807, 2.05) is 6.92 Å². The Kier molecular flexibility index (Phi) is 8.33. The first-order valence-electron chi connectivity index (χ1n) is 14.6. The van der Waals surface area contributed by atoms with Crippen LogP contribution in [0.25, 0.3) is 0 Å². The Bertz CT molecular complexity index is 872. The Morgan fingerprint density at radius 1 is 0.973 bits per heavy atom. The van der Waals surface area contributed by atoms with Gasteiger partial charge in [-0.1, -0.05) is 20.8 Å². The number of carbonyl (C=O) groups excluding carboxylic acids is 3. The van der Waals surface area contributed by atoms with E-state index in [1.54, 1.807) is 0 Å². The highest BCUT2D eigenvalue weighted by atomic mass is 16.5. The number of hydrogen-bond acceptors (Lipinski definition) is 7. The van der Waals surface area contributed by atoms with Crippen LogP contribution in [-0.2, 0) is 28.6 Å². The van der Waals surface area contributed by atoms with Crippen LogP contribution in [0.1, 0.15) is 99.3 Å². The quantitative estimate of drug-likeness (QED) is 0.370. The number of carbonyl (C=O) groups is 3. The lowest BCUT2D eigenvalue weighted by Crippen LogP contribution is -2.63. The van der Waals surface area contributed by atoms with Crippen molar-refractivity contribution in [1.82, 2.24) is 0 Å². The van der Waals surface area contributed by atoms with Crippen LogP contribution in [0, 0.1) is 46.3 Å². The van der Waals surface area contributed by atoms with E-state index in [0.29, 0.717) is 31.3 Å². The summed E-state index contributed by atoms with van der Waals surface area (Å²) in [5, 5.41) is 11.8. The normalized spacial score (nSPS) is 43.5. The Labute approximate surface area is 222 Å². The summed E-state index contributed by atoms with van der Waals surface area (Å²) in [5.74, 6) is 1.00. The maximum atomic E-state index is 12.3. The summed E-state index contributed by atoms with van der Waals surface area (Å²) in [7, 11) is 0. The van der Waals surface area contributed by atoms with Gasteiger partial charge >= 0.3 is 17.9 Å². The first kappa shape index (κ1) is 28.4. The summed E-state index contributed by atoms with van der Waals surface area (Å²) in [6, 6.07) is 0. The van der Waals surface area contributed by atoms with Crippen LogP contribution in [0.2, 0.25) is 0 Å². The van der Waals surface area contributed by atoms with Crippen LogP contribution in [0.15, 0.2) is 0 Å². The van der Waals surface area contributed by atoms with Gasteiger partial charge in [0.1, 0.15) is 12.2 Å². The van der Waals surface area contributed by atoms with Crippen molar-refractivity contribution in [1.29, 1.82) is 0 Å². The summed E-state index contributed by atoms with van der Waals surface area (Å²) in [6.07, 6.45) is 6.61. The van der Waals surface area contributed by atoms with E-state index in [2.05, 4.69) is 20.8 Å². The highest BCUT2D eigenvalue weighted by molar-refractivity contribution is 5.69. The molecule has 210 valence electrons. The Balaban J connectivity index is 1.59. The second-order valence-corrected chi connectivity index (χ2v) is 13.0. The van der Waals surface area contributed by atoms with E-state index >= 15 is 0 Å². The number of aliphatic hydroxyl groups is 1. The molecule has 4 saturated carbocycles. The van der Waals surface area contributed by atoms with Gasteiger partial charge in [0.05, 0.1) is 12.7 Å². The fourth-order valence-corrected chi connectivity index (χ4v) is 9.55. The molecule has 0 aliphatic heterocycles. The molecule has 1 N–H and O–H groups in total. The summed E-state index contributed by atoms with van der Waals surface area (Å²) in [4.78, 5) is 35.9. The van der Waals surface area contributed by atoms with Gasteiger partial charge in [-0.25, -0.2) is 0 Å². The van der Waals surface area contributed by atoms with Gasteiger partial charge < -0.3 is 19.3 Å². The molecule has 11 atom stereocenters. The monoisotopic (exact) mass is 520 g/mol. The minimum Gasteiger partial charge on any atom is -0.466 e. The Morgan fingerprint density at radius 3 is 2.32 bits per heavy atom. The van der Waals surface area contributed by atoms with E-state index in [-0.39, 0.29) is 64.6 Å². The maximum absolute atomic E-state index is 12.3. The molecule has 0 aromatic carbocycles. The second-order valence-electron chi connectivity index (χ2n) is 13.0. The van der Waals surface area contributed by atoms with Crippen molar-refractivity contribution in [2.75, 3.05) is 6.61 Å². The lowest BCUT2D eigenvalue weighted by atomic mass is 9.43. The summed E-state index contributed by atoms with van der Waals surface area (Å²) < 4.78 is 16.8. The standard InChI is InChI=1S/C30H48O7/c1-7-35-27(34)11-8-17(2)22-9-10-23-28-24(16-26(33)30(22,23)6)29(5)13-12-21(36-18(3)31)14-20(29)15-25(28)37-19(4)32/h17,20-26,28,33H,7-16H2,1-6H3/t17?,20?,21-,22?,23?,24?,25-,26+,28?,29?,30?/m0/s1. The smallest absolute Gasteiger partial charge is 0.305 e. The molecule has 7 heteroatoms. The van der Waals surface area contributed by atoms with Crippen LogP contribution < -0.4 is 0 Å². The van der Waals surface area contributed by atoms with E-state index in [0.717, 1.165) is 44.9 Å². The predicted octanol–water partition coefficient (Wildman–Crippen LogP) is 5.07. The van der Waals surface area contributed by atoms with Crippen LogP contribution in [0.5, 0.6) is 0 Å². The second kappa shape index (κ2) is 10.9. The van der Waals surface area contributed by atoms with Crippen molar-refractivity contribution >= 4 is 17.9 Å². The van der Waals surface area contributed by atoms with E-state index in [1.165, 1.54) is 13.8 Å². The number of fused-ring (bicyclic) bond motifs is 5. The molecule has 0 saturated heterocycles. The van der Waals surface area contributed by atoms with Gasteiger partial charge in [-0.15, -0.1) is 0 Å². The van der Waals surface area contributed by atoms with Gasteiger partial charge in [0, 0.05) is 26.2 Å². The lowest BCUT2D eigenvalue weighted by molar-refractivity contribution is -0.218. The van der Waals surface area contributed by atoms with Crippen LogP contribution in [0.3, 0.4) is 0 Å². The van der Waals surface area contributed by atoms with Crippen LogP contribution in [-0.4, -0.2) is 47.9 Å². The van der Waals surface area contributed by atoms with E-state index in [9.17, 15) is 19.5 Å². The number of hydrogen-bond donors (Lipinski definition) is 1. The molecule has 4 aliphatic rings. The maximum Gasteiger partial charge on any atom is 0.305 e. The van der Waals surface area contributed by atoms with Crippen LogP contribution >= 0.6 is 0 Å². The van der Waals surface area contributed by atoms with Gasteiger partial charge in [-0.3, -0.25) is 14.4 Å². The molecule has 8 unspecified atom stereocenters. The number of ether oxygens (including phenoxy) is 3. The van der Waals surface area contributed by atoms with E-state index in [4.69, 9.17) is 14.2 Å². The Morgan fingerprint density at radius 2 is 1.68 bits per heavy atom. The molecular formula is C30H48O7. The van der Waals surface area contributed by atoms with Gasteiger partial charge in [-0.05, 0) is 98.7 Å². The zero-order chi connectivity index (χ0) is 27.1. The van der Waals surface area contributed by atoms with Crippen molar-refractivity contribution < 1.29 is 33.7 Å². The van der Waals surface area contributed by atoms with Crippen molar-refractivity contribution in [3.05, 3.63) is 0 Å². The van der Waals surface area contributed by atoms with Gasteiger partial charge in [-0.2, -0.15) is 0 Å². The van der Waals surface area contributed by atoms with Gasteiger partial charge in [0.25, 0.3) is 0 Å². The summed E-state index contributed by atoms with van der Waals surface area (Å²) in [6.45, 7) is 12.0. The average Bonchev–Trinajstić information content (AvgIpc) is 3.17. The molecule has 0 amide bonds. The summed E-state index contributed by atoms with van der Waals surface area (Å²) >= 11 is 0. The molecule has 4 rings (SSSR count). The third-order valence-corrected chi connectivity index (χ3v) is 11.2. The molecule has 0 spiro atoms. The molecule has 4 fully saturated rings. The van der Waals surface area contributed by atoms with E-state index < -0.39 is 6.10 Å². The van der Waals surface area contributed by atoms with Crippen molar-refractivity contribution in [3.63, 3.8) is 0 Å². The third-order valence-electron chi connectivity index (χ3n) is 11.2. The van der Waals surface area contributed by atoms with Crippen molar-refractivity contribution in [2.24, 2.45) is 46.3 Å². The van der Waals surface area contributed by atoms with Crippen molar-refractivity contribution in [2.45, 2.75) is 118 Å². The predicted molar refractivity (Wildman–Crippen MR) is 138 cm³/mol. The molecule has 0 bridgehead atoms. The first-order valence-corrected chi connectivity index (χ1v) is 14.6. The number of rotatable bonds is 7. The molecular weight excluding hydrogens is 472 g/mol. The van der Waals surface area contributed by atoms with Gasteiger partial charge in [0.2, 0.25) is 0 Å². The topological polar surface area (TPSA) is 99.1 Å². The zero-order valence-electron chi connectivity index (χ0n) is 23.7. The minimum atomic E-state index is -0.434. The fourth-order valence-electron chi connectivity index (χ4n) is 9.55. The SMILES string of the molecule is CCOC(=O)CCC(C)C1CCC2C3C(C[C@@H](O)C12C)C1(C)CC[C@H](OC(C)=O)CC1C[C@@H]3OC(C)=O. The average molecular weight is 521 g/mol. The molecule has 0 aromatic rings. The lowest BCUT2D eigenvalue weighted by Gasteiger charge is -2.64. The third kappa shape index (κ3) is 5.18. The molecule has 37 heavy (non-hydrogen) atoms. The molecule has 0 heterocycles. The van der Waals surface area contributed by atoms with Crippen LogP contribution in [0.4, 0.5) is 0 Å². The number of esters is 3. The first-order chi connectivity index (χ1) is 17.4.